The van der Waals surface area contributed by atoms with Gasteiger partial charge in [0.25, 0.3) is 0 Å². The molecule has 1 heterocycles. The fourth-order valence-electron chi connectivity index (χ4n) is 2.11. The molecular formula is C17H19NO5. The molecule has 23 heavy (non-hydrogen) atoms. The summed E-state index contributed by atoms with van der Waals surface area (Å²) in [5.74, 6) is 0.557. The summed E-state index contributed by atoms with van der Waals surface area (Å²) in [7, 11) is 3.11. The normalized spacial score (nSPS) is 10.3. The molecule has 1 aromatic heterocycles. The number of carbonyl (C=O) groups excluding carboxylic acids is 2. The van der Waals surface area contributed by atoms with E-state index >= 15 is 0 Å². The van der Waals surface area contributed by atoms with Gasteiger partial charge in [-0.15, -0.1) is 0 Å². The Kier molecular flexibility index (Phi) is 5.05. The second-order valence-corrected chi connectivity index (χ2v) is 5.07. The van der Waals surface area contributed by atoms with Crippen LogP contribution in [0.3, 0.4) is 0 Å². The predicted molar refractivity (Wildman–Crippen MR) is 84.2 cm³/mol. The molecule has 6 nitrogen and oxygen atoms in total. The topological polar surface area (TPSA) is 77.6 Å². The van der Waals surface area contributed by atoms with Crippen molar-refractivity contribution in [1.29, 1.82) is 0 Å². The van der Waals surface area contributed by atoms with Crippen molar-refractivity contribution in [3.8, 4) is 11.5 Å². The fourth-order valence-corrected chi connectivity index (χ4v) is 2.11. The first kappa shape index (κ1) is 16.6. The van der Waals surface area contributed by atoms with Crippen LogP contribution in [0.5, 0.6) is 11.5 Å². The Morgan fingerprint density at radius 2 is 1.74 bits per heavy atom. The monoisotopic (exact) mass is 317 g/mol. The maximum atomic E-state index is 12.0. The Bertz CT molecular complexity index is 733. The van der Waals surface area contributed by atoms with Crippen LogP contribution in [-0.2, 0) is 11.3 Å². The van der Waals surface area contributed by atoms with Gasteiger partial charge in [-0.3, -0.25) is 4.79 Å². The highest BCUT2D eigenvalue weighted by molar-refractivity contribution is 5.97. The van der Waals surface area contributed by atoms with Crippen LogP contribution < -0.4 is 9.47 Å². The van der Waals surface area contributed by atoms with Crippen molar-refractivity contribution in [1.82, 2.24) is 4.98 Å². The quantitative estimate of drug-likeness (QED) is 0.655. The standard InChI is InChI=1S/C17H19NO5/c1-10-5-15(21-3)16(22-4)7-13(10)9-23-17(20)14-6-12(8-18-14)11(2)19/h5-8,18H,9H2,1-4H3. The SMILES string of the molecule is COc1cc(C)c(COC(=O)c2cc(C(C)=O)c[nH]2)cc1OC. The van der Waals surface area contributed by atoms with E-state index in [0.717, 1.165) is 11.1 Å². The lowest BCUT2D eigenvalue weighted by Crippen LogP contribution is -2.07. The molecule has 0 aliphatic rings. The molecule has 0 atom stereocenters. The van der Waals surface area contributed by atoms with Gasteiger partial charge < -0.3 is 19.2 Å². The summed E-state index contributed by atoms with van der Waals surface area (Å²) in [6.45, 7) is 3.43. The highest BCUT2D eigenvalue weighted by Crippen LogP contribution is 2.30. The lowest BCUT2D eigenvalue weighted by Gasteiger charge is -2.12. The van der Waals surface area contributed by atoms with Crippen LogP contribution in [0.25, 0.3) is 0 Å². The lowest BCUT2D eigenvalue weighted by atomic mass is 10.1. The first-order chi connectivity index (χ1) is 11.0. The molecule has 0 fully saturated rings. The summed E-state index contributed by atoms with van der Waals surface area (Å²) >= 11 is 0. The highest BCUT2D eigenvalue weighted by Gasteiger charge is 2.14. The number of hydrogen-bond acceptors (Lipinski definition) is 5. The van der Waals surface area contributed by atoms with Crippen LogP contribution in [-0.4, -0.2) is 31.0 Å². The van der Waals surface area contributed by atoms with Gasteiger partial charge >= 0.3 is 5.97 Å². The number of hydrogen-bond donors (Lipinski definition) is 1. The first-order valence-corrected chi connectivity index (χ1v) is 7.04. The van der Waals surface area contributed by atoms with Crippen LogP contribution in [0.15, 0.2) is 24.4 Å². The first-order valence-electron chi connectivity index (χ1n) is 7.04. The zero-order chi connectivity index (χ0) is 17.0. The van der Waals surface area contributed by atoms with Gasteiger partial charge in [-0.2, -0.15) is 0 Å². The number of ether oxygens (including phenoxy) is 3. The number of ketones is 1. The van der Waals surface area contributed by atoms with Gasteiger partial charge in [0, 0.05) is 11.8 Å². The molecule has 0 saturated heterocycles. The van der Waals surface area contributed by atoms with Crippen LogP contribution in [0.1, 0.15) is 38.9 Å². The van der Waals surface area contributed by atoms with Gasteiger partial charge in [0.05, 0.1) is 14.2 Å². The summed E-state index contributed by atoms with van der Waals surface area (Å²) in [4.78, 5) is 26.0. The number of rotatable bonds is 6. The molecule has 1 aromatic carbocycles. The van der Waals surface area contributed by atoms with Crippen molar-refractivity contribution in [3.63, 3.8) is 0 Å². The molecule has 6 heteroatoms. The lowest BCUT2D eigenvalue weighted by molar-refractivity contribution is 0.0465. The molecule has 0 spiro atoms. The average molecular weight is 317 g/mol. The number of H-pyrrole nitrogens is 1. The molecule has 1 N–H and O–H groups in total. The molecule has 0 radical (unpaired) electrons. The highest BCUT2D eigenvalue weighted by atomic mass is 16.5. The number of aromatic amines is 1. The van der Waals surface area contributed by atoms with Crippen LogP contribution in [0.4, 0.5) is 0 Å². The number of carbonyl (C=O) groups is 2. The number of Topliss-reactive ketones (excluding diaryl/α,β-unsaturated/α-hetero) is 1. The summed E-state index contributed by atoms with van der Waals surface area (Å²) in [6.07, 6.45) is 1.49. The second kappa shape index (κ2) is 7.00. The van der Waals surface area contributed by atoms with E-state index in [0.29, 0.717) is 17.1 Å². The number of methoxy groups -OCH3 is 2. The van der Waals surface area contributed by atoms with E-state index in [2.05, 4.69) is 4.98 Å². The van der Waals surface area contributed by atoms with E-state index in [-0.39, 0.29) is 18.1 Å². The molecule has 0 aliphatic carbocycles. The molecule has 0 unspecified atom stereocenters. The minimum atomic E-state index is -0.522. The minimum Gasteiger partial charge on any atom is -0.493 e. The van der Waals surface area contributed by atoms with Crippen LogP contribution >= 0.6 is 0 Å². The van der Waals surface area contributed by atoms with Gasteiger partial charge in [-0.25, -0.2) is 4.79 Å². The molecule has 2 rings (SSSR count). The van der Waals surface area contributed by atoms with Crippen molar-refractivity contribution in [2.45, 2.75) is 20.5 Å². The van der Waals surface area contributed by atoms with Crippen LogP contribution in [0.2, 0.25) is 0 Å². The third kappa shape index (κ3) is 3.71. The van der Waals surface area contributed by atoms with Gasteiger partial charge in [0.1, 0.15) is 12.3 Å². The Morgan fingerprint density at radius 3 is 2.30 bits per heavy atom. The van der Waals surface area contributed by atoms with Crippen molar-refractivity contribution >= 4 is 11.8 Å². The van der Waals surface area contributed by atoms with E-state index in [4.69, 9.17) is 14.2 Å². The number of benzene rings is 1. The Balaban J connectivity index is 2.10. The fraction of sp³-hybridized carbons (Fsp3) is 0.294. The second-order valence-electron chi connectivity index (χ2n) is 5.07. The summed E-state index contributed by atoms with van der Waals surface area (Å²) in [6, 6.07) is 5.08. The van der Waals surface area contributed by atoms with Gasteiger partial charge in [-0.1, -0.05) is 0 Å². The molecule has 0 aliphatic heterocycles. The molecule has 0 bridgehead atoms. The summed E-state index contributed by atoms with van der Waals surface area (Å²) in [5.41, 5.74) is 2.42. The van der Waals surface area contributed by atoms with Gasteiger partial charge in [-0.05, 0) is 43.2 Å². The summed E-state index contributed by atoms with van der Waals surface area (Å²) < 4.78 is 15.7. The average Bonchev–Trinajstić information content (AvgIpc) is 3.03. The maximum absolute atomic E-state index is 12.0. The largest absolute Gasteiger partial charge is 0.493 e. The maximum Gasteiger partial charge on any atom is 0.355 e. The van der Waals surface area contributed by atoms with Gasteiger partial charge in [0.15, 0.2) is 17.3 Å². The van der Waals surface area contributed by atoms with Gasteiger partial charge in [0.2, 0.25) is 0 Å². The van der Waals surface area contributed by atoms with Crippen molar-refractivity contribution in [2.24, 2.45) is 0 Å². The Hall–Kier alpha value is -2.76. The molecule has 2 aromatic rings. The minimum absolute atomic E-state index is 0.0967. The number of nitrogens with one attached hydrogen (secondary N) is 1. The van der Waals surface area contributed by atoms with E-state index in [9.17, 15) is 9.59 Å². The molecule has 122 valence electrons. The zero-order valence-electron chi connectivity index (χ0n) is 13.6. The molecule has 0 saturated carbocycles. The number of aryl methyl sites for hydroxylation is 1. The van der Waals surface area contributed by atoms with Crippen LogP contribution in [0, 0.1) is 6.92 Å². The predicted octanol–water partition coefficient (Wildman–Crippen LogP) is 2.90. The van der Waals surface area contributed by atoms with Crippen molar-refractivity contribution in [2.75, 3.05) is 14.2 Å². The third-order valence-electron chi connectivity index (χ3n) is 3.51. The Morgan fingerprint density at radius 1 is 1.09 bits per heavy atom. The summed E-state index contributed by atoms with van der Waals surface area (Å²) in [5, 5.41) is 0. The Labute approximate surface area is 134 Å². The smallest absolute Gasteiger partial charge is 0.355 e. The van der Waals surface area contributed by atoms with E-state index < -0.39 is 5.97 Å². The van der Waals surface area contributed by atoms with Crippen molar-refractivity contribution in [3.05, 3.63) is 46.8 Å². The van der Waals surface area contributed by atoms with E-state index in [1.165, 1.54) is 19.2 Å². The third-order valence-corrected chi connectivity index (χ3v) is 3.51. The van der Waals surface area contributed by atoms with E-state index in [1.807, 2.05) is 13.0 Å². The molecule has 0 amide bonds. The zero-order valence-corrected chi connectivity index (χ0v) is 13.6. The number of esters is 1. The van der Waals surface area contributed by atoms with E-state index in [1.54, 1.807) is 20.3 Å². The van der Waals surface area contributed by atoms with Crippen molar-refractivity contribution < 1.29 is 23.8 Å². The molecular weight excluding hydrogens is 298 g/mol. The number of aromatic nitrogens is 1.